The van der Waals surface area contributed by atoms with E-state index in [9.17, 15) is 9.59 Å². The standard InChI is InChI=1S/C13H14N4O2.2C2H6/c1-3-5-6-10-9(4-2)15-17(16-10)11-7-8-12(18)14-13(11)19;2*1-2/h3-6,11H,1-2,7-8H2,(H,14,18,19);2*1-2H3/b6-5-;;. The molecule has 0 aliphatic carbocycles. The Morgan fingerprint density at radius 1 is 1.13 bits per heavy atom. The minimum Gasteiger partial charge on any atom is -0.295 e. The number of aromatic nitrogens is 3. The van der Waals surface area contributed by atoms with Gasteiger partial charge in [0.15, 0.2) is 6.04 Å². The molecule has 1 aromatic heterocycles. The number of nitrogens with one attached hydrogen (secondary N) is 1. The average molecular weight is 318 g/mol. The van der Waals surface area contributed by atoms with E-state index in [1.54, 1.807) is 24.3 Å². The number of carbonyl (C=O) groups is 2. The molecule has 0 radical (unpaired) electrons. The van der Waals surface area contributed by atoms with Crippen molar-refractivity contribution in [3.8, 4) is 0 Å². The summed E-state index contributed by atoms with van der Waals surface area (Å²) in [5.41, 5.74) is 1.20. The predicted octanol–water partition coefficient (Wildman–Crippen LogP) is 3.15. The molecule has 1 unspecified atom stereocenters. The molecule has 1 aromatic rings. The molecule has 0 spiro atoms. The Morgan fingerprint density at radius 3 is 2.26 bits per heavy atom. The van der Waals surface area contributed by atoms with Gasteiger partial charge in [-0.2, -0.15) is 15.0 Å². The third-order valence-corrected chi connectivity index (χ3v) is 2.76. The quantitative estimate of drug-likeness (QED) is 0.683. The third kappa shape index (κ3) is 5.65. The van der Waals surface area contributed by atoms with Crippen molar-refractivity contribution < 1.29 is 9.59 Å². The third-order valence-electron chi connectivity index (χ3n) is 2.76. The first kappa shape index (κ1) is 20.5. The van der Waals surface area contributed by atoms with Crippen LogP contribution in [0.5, 0.6) is 0 Å². The van der Waals surface area contributed by atoms with Gasteiger partial charge in [0.05, 0.1) is 0 Å². The molecule has 6 nitrogen and oxygen atoms in total. The first-order chi connectivity index (χ1) is 11.2. The monoisotopic (exact) mass is 318 g/mol. The van der Waals surface area contributed by atoms with Crippen LogP contribution in [0.2, 0.25) is 0 Å². The van der Waals surface area contributed by atoms with Gasteiger partial charge in [-0.3, -0.25) is 14.9 Å². The van der Waals surface area contributed by atoms with Gasteiger partial charge in [-0.05, 0) is 18.6 Å². The Balaban J connectivity index is 0.00000112. The van der Waals surface area contributed by atoms with E-state index >= 15 is 0 Å². The normalized spacial score (nSPS) is 16.6. The number of hydrogen-bond acceptors (Lipinski definition) is 4. The molecule has 0 saturated carbocycles. The van der Waals surface area contributed by atoms with Gasteiger partial charge in [-0.15, -0.1) is 0 Å². The van der Waals surface area contributed by atoms with Crippen molar-refractivity contribution in [1.29, 1.82) is 0 Å². The summed E-state index contributed by atoms with van der Waals surface area (Å²) < 4.78 is 0. The van der Waals surface area contributed by atoms with Gasteiger partial charge in [0.2, 0.25) is 5.91 Å². The lowest BCUT2D eigenvalue weighted by Crippen LogP contribution is -2.42. The summed E-state index contributed by atoms with van der Waals surface area (Å²) in [6.07, 6.45) is 7.35. The van der Waals surface area contributed by atoms with Crippen molar-refractivity contribution in [2.75, 3.05) is 0 Å². The van der Waals surface area contributed by atoms with E-state index in [2.05, 4.69) is 28.7 Å². The summed E-state index contributed by atoms with van der Waals surface area (Å²) in [7, 11) is 0. The van der Waals surface area contributed by atoms with Crippen molar-refractivity contribution in [2.24, 2.45) is 0 Å². The number of allylic oxidation sites excluding steroid dienone is 2. The molecule has 1 N–H and O–H groups in total. The molecule has 1 aliphatic rings. The van der Waals surface area contributed by atoms with Gasteiger partial charge in [0, 0.05) is 6.42 Å². The Labute approximate surface area is 138 Å². The second kappa shape index (κ2) is 11.1. The van der Waals surface area contributed by atoms with Crippen molar-refractivity contribution in [3.63, 3.8) is 0 Å². The summed E-state index contributed by atoms with van der Waals surface area (Å²) in [5, 5.41) is 10.7. The summed E-state index contributed by atoms with van der Waals surface area (Å²) >= 11 is 0. The molecule has 1 atom stereocenters. The number of carbonyl (C=O) groups excluding carboxylic acids is 2. The highest BCUT2D eigenvalue weighted by Gasteiger charge is 2.30. The maximum atomic E-state index is 11.7. The average Bonchev–Trinajstić information content (AvgIpc) is 2.99. The molecule has 0 aromatic carbocycles. The number of amides is 2. The summed E-state index contributed by atoms with van der Waals surface area (Å²) in [4.78, 5) is 24.2. The summed E-state index contributed by atoms with van der Waals surface area (Å²) in [5.74, 6) is -0.634. The molecule has 2 heterocycles. The Morgan fingerprint density at radius 2 is 1.74 bits per heavy atom. The number of rotatable bonds is 4. The van der Waals surface area contributed by atoms with E-state index < -0.39 is 6.04 Å². The number of imide groups is 1. The predicted molar refractivity (Wildman–Crippen MR) is 93.5 cm³/mol. The molecule has 2 rings (SSSR count). The second-order valence-electron chi connectivity index (χ2n) is 4.06. The van der Waals surface area contributed by atoms with Gasteiger partial charge < -0.3 is 0 Å². The molecule has 0 bridgehead atoms. The van der Waals surface area contributed by atoms with Crippen LogP contribution >= 0.6 is 0 Å². The zero-order valence-corrected chi connectivity index (χ0v) is 14.4. The van der Waals surface area contributed by atoms with Gasteiger partial charge in [0.1, 0.15) is 11.4 Å². The highest BCUT2D eigenvalue weighted by atomic mass is 16.2. The highest BCUT2D eigenvalue weighted by Crippen LogP contribution is 2.18. The van der Waals surface area contributed by atoms with Crippen LogP contribution in [0, 0.1) is 0 Å². The largest absolute Gasteiger partial charge is 0.295 e. The highest BCUT2D eigenvalue weighted by molar-refractivity contribution is 5.99. The van der Waals surface area contributed by atoms with Crippen LogP contribution in [0.25, 0.3) is 12.2 Å². The maximum Gasteiger partial charge on any atom is 0.253 e. The van der Waals surface area contributed by atoms with Crippen LogP contribution in [-0.2, 0) is 9.59 Å². The second-order valence-corrected chi connectivity index (χ2v) is 4.06. The molecule has 1 aliphatic heterocycles. The lowest BCUT2D eigenvalue weighted by molar-refractivity contribution is -0.136. The first-order valence-electron chi connectivity index (χ1n) is 7.87. The maximum absolute atomic E-state index is 11.7. The van der Waals surface area contributed by atoms with Crippen LogP contribution in [-0.4, -0.2) is 26.8 Å². The van der Waals surface area contributed by atoms with Crippen LogP contribution < -0.4 is 5.32 Å². The summed E-state index contributed by atoms with van der Waals surface area (Å²) in [6, 6.07) is -0.553. The van der Waals surface area contributed by atoms with Gasteiger partial charge in [-0.25, -0.2) is 0 Å². The number of hydrogen-bond donors (Lipinski definition) is 1. The Kier molecular flexibility index (Phi) is 9.91. The lowest BCUT2D eigenvalue weighted by atomic mass is 10.1. The molecule has 1 saturated heterocycles. The fourth-order valence-electron chi connectivity index (χ4n) is 1.81. The molecule has 1 fully saturated rings. The molecule has 2 amide bonds. The zero-order chi connectivity index (χ0) is 17.8. The smallest absolute Gasteiger partial charge is 0.253 e. The van der Waals surface area contributed by atoms with E-state index in [-0.39, 0.29) is 11.8 Å². The molecular weight excluding hydrogens is 292 g/mol. The van der Waals surface area contributed by atoms with Crippen LogP contribution in [0.4, 0.5) is 0 Å². The van der Waals surface area contributed by atoms with E-state index in [1.807, 2.05) is 27.7 Å². The topological polar surface area (TPSA) is 76.9 Å². The van der Waals surface area contributed by atoms with E-state index in [1.165, 1.54) is 4.80 Å². The Bertz CT molecular complexity index is 573. The molecule has 6 heteroatoms. The van der Waals surface area contributed by atoms with E-state index in [4.69, 9.17) is 0 Å². The molecular formula is C17H26N4O2. The van der Waals surface area contributed by atoms with Crippen LogP contribution in [0.3, 0.4) is 0 Å². The summed E-state index contributed by atoms with van der Waals surface area (Å²) in [6.45, 7) is 15.2. The minimum absolute atomic E-state index is 0.260. The van der Waals surface area contributed by atoms with Crippen molar-refractivity contribution in [2.45, 2.75) is 46.6 Å². The fourth-order valence-corrected chi connectivity index (χ4v) is 1.81. The number of piperidine rings is 1. The number of nitrogens with zero attached hydrogens (tertiary/aromatic N) is 3. The van der Waals surface area contributed by atoms with Gasteiger partial charge in [0.25, 0.3) is 5.91 Å². The van der Waals surface area contributed by atoms with Crippen molar-refractivity contribution in [1.82, 2.24) is 20.3 Å². The van der Waals surface area contributed by atoms with Crippen LogP contribution in [0.15, 0.2) is 25.3 Å². The molecule has 23 heavy (non-hydrogen) atoms. The van der Waals surface area contributed by atoms with Gasteiger partial charge >= 0.3 is 0 Å². The van der Waals surface area contributed by atoms with Gasteiger partial charge in [-0.1, -0.05) is 53.0 Å². The Hall–Kier alpha value is -2.50. The van der Waals surface area contributed by atoms with Crippen molar-refractivity contribution in [3.05, 3.63) is 36.7 Å². The fraction of sp³-hybridized carbons (Fsp3) is 0.412. The first-order valence-corrected chi connectivity index (χ1v) is 7.87. The SMILES string of the molecule is C=C/C=C\c1nn(C2CCC(=O)NC2=O)nc1C=C.CC.CC. The lowest BCUT2D eigenvalue weighted by Gasteiger charge is -2.19. The van der Waals surface area contributed by atoms with Crippen LogP contribution in [0.1, 0.15) is 58.0 Å². The van der Waals surface area contributed by atoms with Crippen molar-refractivity contribution >= 4 is 24.0 Å². The van der Waals surface area contributed by atoms with E-state index in [0.29, 0.717) is 24.2 Å². The minimum atomic E-state index is -0.553. The van der Waals surface area contributed by atoms with E-state index in [0.717, 1.165) is 0 Å². The zero-order valence-electron chi connectivity index (χ0n) is 14.4. The molecule has 126 valence electrons.